The highest BCUT2D eigenvalue weighted by molar-refractivity contribution is 5.75. The van der Waals surface area contributed by atoms with Crippen molar-refractivity contribution in [3.8, 4) is 0 Å². The first-order chi connectivity index (χ1) is 5.17. The monoisotopic (exact) mass is 155 g/mol. The lowest BCUT2D eigenvalue weighted by Gasteiger charge is -2.21. The molecule has 0 unspecified atom stereocenters. The quantitative estimate of drug-likeness (QED) is 0.611. The van der Waals surface area contributed by atoms with Gasteiger partial charge in [-0.15, -0.1) is 0 Å². The zero-order chi connectivity index (χ0) is 8.85. The molecular formula is C9H17NO. The molecule has 2 heteroatoms. The number of carbonyl (C=O) groups excluding carboxylic acids is 1. The summed E-state index contributed by atoms with van der Waals surface area (Å²) in [5, 5.41) is 0. The van der Waals surface area contributed by atoms with Gasteiger partial charge in [-0.3, -0.25) is 4.79 Å². The first-order valence-electron chi connectivity index (χ1n) is 4.10. The molecule has 0 radical (unpaired) electrons. The van der Waals surface area contributed by atoms with Gasteiger partial charge in [0.15, 0.2) is 0 Å². The lowest BCUT2D eigenvalue weighted by atomic mass is 10.3. The van der Waals surface area contributed by atoms with E-state index in [1.165, 1.54) is 0 Å². The minimum atomic E-state index is 0.127. The van der Waals surface area contributed by atoms with E-state index in [0.29, 0.717) is 0 Å². The molecule has 1 amide bonds. The molecule has 0 saturated carbocycles. The molecule has 0 aromatic carbocycles. The maximum Gasteiger partial charge on any atom is 0.223 e. The number of nitrogens with zero attached hydrogens (tertiary/aromatic N) is 1. The minimum absolute atomic E-state index is 0.127. The van der Waals surface area contributed by atoms with Crippen molar-refractivity contribution in [1.29, 1.82) is 0 Å². The SMILES string of the molecule is C/C=C(\CC)N(CC)C(C)=O. The summed E-state index contributed by atoms with van der Waals surface area (Å²) in [5.41, 5.74) is 1.11. The van der Waals surface area contributed by atoms with Crippen LogP contribution < -0.4 is 0 Å². The average molecular weight is 155 g/mol. The fourth-order valence-electron chi connectivity index (χ4n) is 1.18. The van der Waals surface area contributed by atoms with Crippen molar-refractivity contribution in [2.75, 3.05) is 6.54 Å². The van der Waals surface area contributed by atoms with Gasteiger partial charge >= 0.3 is 0 Å². The zero-order valence-electron chi connectivity index (χ0n) is 7.85. The van der Waals surface area contributed by atoms with E-state index in [9.17, 15) is 4.79 Å². The topological polar surface area (TPSA) is 20.3 Å². The fraction of sp³-hybridized carbons (Fsp3) is 0.667. The number of hydrogen-bond donors (Lipinski definition) is 0. The van der Waals surface area contributed by atoms with Crippen LogP contribution in [-0.4, -0.2) is 17.4 Å². The van der Waals surface area contributed by atoms with Crippen LogP contribution in [0.5, 0.6) is 0 Å². The Labute approximate surface area is 68.9 Å². The Morgan fingerprint density at radius 1 is 1.45 bits per heavy atom. The third kappa shape index (κ3) is 2.74. The molecule has 64 valence electrons. The van der Waals surface area contributed by atoms with E-state index in [1.54, 1.807) is 11.8 Å². The standard InChI is InChI=1S/C9H17NO/c1-5-9(6-2)10(7-3)8(4)11/h5H,6-7H2,1-4H3/b9-5+. The maximum absolute atomic E-state index is 11.0. The van der Waals surface area contributed by atoms with Crippen molar-refractivity contribution >= 4 is 5.91 Å². The third-order valence-electron chi connectivity index (χ3n) is 1.74. The highest BCUT2D eigenvalue weighted by atomic mass is 16.2. The number of amides is 1. The Balaban J connectivity index is 4.35. The Morgan fingerprint density at radius 3 is 2.09 bits per heavy atom. The normalized spacial score (nSPS) is 11.5. The summed E-state index contributed by atoms with van der Waals surface area (Å²) < 4.78 is 0. The highest BCUT2D eigenvalue weighted by Crippen LogP contribution is 2.07. The summed E-state index contributed by atoms with van der Waals surface area (Å²) in [6.45, 7) is 8.37. The van der Waals surface area contributed by atoms with Gasteiger partial charge in [0.1, 0.15) is 0 Å². The number of rotatable bonds is 3. The van der Waals surface area contributed by atoms with Crippen LogP contribution in [0.15, 0.2) is 11.8 Å². The van der Waals surface area contributed by atoms with E-state index < -0.39 is 0 Å². The minimum Gasteiger partial charge on any atom is -0.317 e. The Bertz CT molecular complexity index is 161. The van der Waals surface area contributed by atoms with Gasteiger partial charge in [-0.25, -0.2) is 0 Å². The summed E-state index contributed by atoms with van der Waals surface area (Å²) >= 11 is 0. The van der Waals surface area contributed by atoms with Crippen LogP contribution in [0.4, 0.5) is 0 Å². The third-order valence-corrected chi connectivity index (χ3v) is 1.74. The molecular weight excluding hydrogens is 138 g/mol. The van der Waals surface area contributed by atoms with E-state index in [-0.39, 0.29) is 5.91 Å². The molecule has 0 aliphatic heterocycles. The van der Waals surface area contributed by atoms with Crippen molar-refractivity contribution in [3.63, 3.8) is 0 Å². The summed E-state index contributed by atoms with van der Waals surface area (Å²) in [5.74, 6) is 0.127. The molecule has 0 heterocycles. The summed E-state index contributed by atoms with van der Waals surface area (Å²) in [4.78, 5) is 12.8. The molecule has 0 fully saturated rings. The predicted molar refractivity (Wildman–Crippen MR) is 47.1 cm³/mol. The van der Waals surface area contributed by atoms with Gasteiger partial charge < -0.3 is 4.90 Å². The average Bonchev–Trinajstić information content (AvgIpc) is 1.99. The van der Waals surface area contributed by atoms with E-state index in [2.05, 4.69) is 6.92 Å². The lowest BCUT2D eigenvalue weighted by molar-refractivity contribution is -0.126. The van der Waals surface area contributed by atoms with Crippen LogP contribution in [0.3, 0.4) is 0 Å². The van der Waals surface area contributed by atoms with Crippen LogP contribution in [0, 0.1) is 0 Å². The smallest absolute Gasteiger partial charge is 0.223 e. The first kappa shape index (κ1) is 10.2. The van der Waals surface area contributed by atoms with Crippen molar-refractivity contribution in [2.45, 2.75) is 34.1 Å². The second kappa shape index (κ2) is 4.94. The first-order valence-corrected chi connectivity index (χ1v) is 4.10. The van der Waals surface area contributed by atoms with Gasteiger partial charge in [-0.1, -0.05) is 13.0 Å². The molecule has 2 nitrogen and oxygen atoms in total. The molecule has 11 heavy (non-hydrogen) atoms. The second-order valence-electron chi connectivity index (χ2n) is 2.40. The van der Waals surface area contributed by atoms with Crippen LogP contribution in [-0.2, 0) is 4.79 Å². The van der Waals surface area contributed by atoms with Crippen LogP contribution >= 0.6 is 0 Å². The Kier molecular flexibility index (Phi) is 4.59. The van der Waals surface area contributed by atoms with Crippen LogP contribution in [0.1, 0.15) is 34.1 Å². The summed E-state index contributed by atoms with van der Waals surface area (Å²) in [6, 6.07) is 0. The summed E-state index contributed by atoms with van der Waals surface area (Å²) in [7, 11) is 0. The molecule has 0 aromatic heterocycles. The molecule has 0 saturated heterocycles. The van der Waals surface area contributed by atoms with Crippen molar-refractivity contribution in [3.05, 3.63) is 11.8 Å². The van der Waals surface area contributed by atoms with Gasteiger partial charge in [-0.2, -0.15) is 0 Å². The molecule has 0 aliphatic carbocycles. The Morgan fingerprint density at radius 2 is 2.00 bits per heavy atom. The number of allylic oxidation sites excluding steroid dienone is 2. The van der Waals surface area contributed by atoms with Crippen LogP contribution in [0.2, 0.25) is 0 Å². The molecule has 0 aliphatic rings. The molecule has 0 N–H and O–H groups in total. The van der Waals surface area contributed by atoms with Gasteiger partial charge in [0.25, 0.3) is 0 Å². The molecule has 0 bridgehead atoms. The number of carbonyl (C=O) groups is 1. The Hall–Kier alpha value is -0.790. The van der Waals surface area contributed by atoms with Gasteiger partial charge in [0.05, 0.1) is 0 Å². The van der Waals surface area contributed by atoms with Crippen molar-refractivity contribution in [2.24, 2.45) is 0 Å². The number of hydrogen-bond acceptors (Lipinski definition) is 1. The van der Waals surface area contributed by atoms with E-state index in [0.717, 1.165) is 18.7 Å². The highest BCUT2D eigenvalue weighted by Gasteiger charge is 2.08. The summed E-state index contributed by atoms with van der Waals surface area (Å²) in [6.07, 6.45) is 2.91. The van der Waals surface area contributed by atoms with E-state index in [1.807, 2.05) is 19.9 Å². The second-order valence-corrected chi connectivity index (χ2v) is 2.40. The van der Waals surface area contributed by atoms with E-state index in [4.69, 9.17) is 0 Å². The fourth-order valence-corrected chi connectivity index (χ4v) is 1.18. The van der Waals surface area contributed by atoms with Crippen LogP contribution in [0.25, 0.3) is 0 Å². The van der Waals surface area contributed by atoms with Crippen molar-refractivity contribution in [1.82, 2.24) is 4.90 Å². The van der Waals surface area contributed by atoms with E-state index >= 15 is 0 Å². The molecule has 0 spiro atoms. The predicted octanol–water partition coefficient (Wildman–Crippen LogP) is 2.17. The molecule has 0 atom stereocenters. The van der Waals surface area contributed by atoms with Gasteiger partial charge in [0.2, 0.25) is 5.91 Å². The van der Waals surface area contributed by atoms with Crippen molar-refractivity contribution < 1.29 is 4.79 Å². The maximum atomic E-state index is 11.0. The zero-order valence-corrected chi connectivity index (χ0v) is 7.85. The van der Waals surface area contributed by atoms with Gasteiger partial charge in [-0.05, 0) is 20.3 Å². The lowest BCUT2D eigenvalue weighted by Crippen LogP contribution is -2.27. The molecule has 0 rings (SSSR count). The molecule has 0 aromatic rings. The largest absolute Gasteiger partial charge is 0.317 e. The van der Waals surface area contributed by atoms with Gasteiger partial charge in [0, 0.05) is 19.2 Å².